The highest BCUT2D eigenvalue weighted by Crippen LogP contribution is 2.32. The lowest BCUT2D eigenvalue weighted by Crippen LogP contribution is -2.21. The van der Waals surface area contributed by atoms with Crippen LogP contribution in [0.25, 0.3) is 0 Å². The number of rotatable bonds is 5. The van der Waals surface area contributed by atoms with Crippen molar-refractivity contribution in [3.05, 3.63) is 0 Å². The first-order valence-electron chi connectivity index (χ1n) is 6.02. The molecule has 1 rings (SSSR count). The van der Waals surface area contributed by atoms with Crippen LogP contribution in [0.1, 0.15) is 51.9 Å². The SMILES string of the molecule is CCC(S)C(CI)CC1CCCCC1. The number of hydrogen-bond donors (Lipinski definition) is 1. The predicted molar refractivity (Wildman–Crippen MR) is 76.6 cm³/mol. The molecule has 0 heterocycles. The molecule has 14 heavy (non-hydrogen) atoms. The Morgan fingerprint density at radius 3 is 2.43 bits per heavy atom. The molecule has 0 aromatic carbocycles. The van der Waals surface area contributed by atoms with Crippen LogP contribution in [0.2, 0.25) is 0 Å². The Balaban J connectivity index is 2.30. The average molecular weight is 326 g/mol. The molecule has 0 N–H and O–H groups in total. The van der Waals surface area contributed by atoms with Crippen molar-refractivity contribution in [1.29, 1.82) is 0 Å². The fraction of sp³-hybridized carbons (Fsp3) is 1.00. The van der Waals surface area contributed by atoms with Gasteiger partial charge >= 0.3 is 0 Å². The number of halogens is 1. The zero-order valence-electron chi connectivity index (χ0n) is 9.21. The third-order valence-corrected chi connectivity index (χ3v) is 5.44. The first-order valence-corrected chi connectivity index (χ1v) is 8.06. The Kier molecular flexibility index (Phi) is 6.92. The second-order valence-corrected chi connectivity index (χ2v) is 6.17. The van der Waals surface area contributed by atoms with Gasteiger partial charge in [-0.25, -0.2) is 0 Å². The lowest BCUT2D eigenvalue weighted by Gasteiger charge is -2.28. The van der Waals surface area contributed by atoms with Crippen LogP contribution in [0.15, 0.2) is 0 Å². The maximum absolute atomic E-state index is 4.70. The van der Waals surface area contributed by atoms with Crippen LogP contribution in [0.5, 0.6) is 0 Å². The summed E-state index contributed by atoms with van der Waals surface area (Å²) in [6.07, 6.45) is 10.1. The van der Waals surface area contributed by atoms with Crippen LogP contribution < -0.4 is 0 Å². The monoisotopic (exact) mass is 326 g/mol. The van der Waals surface area contributed by atoms with Gasteiger partial charge < -0.3 is 0 Å². The standard InChI is InChI=1S/C12H23IS/c1-2-12(14)11(9-13)8-10-6-4-3-5-7-10/h10-12,14H,2-9H2,1H3. The van der Waals surface area contributed by atoms with E-state index in [9.17, 15) is 0 Å². The zero-order chi connectivity index (χ0) is 10.4. The molecule has 2 unspecified atom stereocenters. The van der Waals surface area contributed by atoms with Crippen LogP contribution in [0.3, 0.4) is 0 Å². The molecule has 0 aliphatic heterocycles. The fourth-order valence-corrected chi connectivity index (χ4v) is 4.11. The molecule has 84 valence electrons. The van der Waals surface area contributed by atoms with Crippen molar-refractivity contribution in [3.63, 3.8) is 0 Å². The van der Waals surface area contributed by atoms with Gasteiger partial charge in [-0.05, 0) is 24.7 Å². The van der Waals surface area contributed by atoms with Gasteiger partial charge in [0.15, 0.2) is 0 Å². The largest absolute Gasteiger partial charge is 0.176 e. The number of thiol groups is 1. The molecule has 0 spiro atoms. The van der Waals surface area contributed by atoms with Crippen LogP contribution >= 0.6 is 35.2 Å². The van der Waals surface area contributed by atoms with Crippen molar-refractivity contribution in [2.24, 2.45) is 11.8 Å². The maximum atomic E-state index is 4.70. The lowest BCUT2D eigenvalue weighted by atomic mass is 9.82. The summed E-state index contributed by atoms with van der Waals surface area (Å²) in [5.41, 5.74) is 0. The summed E-state index contributed by atoms with van der Waals surface area (Å²) >= 11 is 7.24. The maximum Gasteiger partial charge on any atom is 0.00498 e. The van der Waals surface area contributed by atoms with E-state index in [2.05, 4.69) is 29.5 Å². The molecule has 0 aromatic heterocycles. The Labute approximate surface area is 108 Å². The van der Waals surface area contributed by atoms with E-state index in [1.807, 2.05) is 0 Å². The highest BCUT2D eigenvalue weighted by atomic mass is 127. The smallest absolute Gasteiger partial charge is 0.00498 e. The summed E-state index contributed by atoms with van der Waals surface area (Å²) in [5, 5.41) is 0.633. The minimum Gasteiger partial charge on any atom is -0.176 e. The van der Waals surface area contributed by atoms with Gasteiger partial charge in [0.05, 0.1) is 0 Å². The Hall–Kier alpha value is 1.08. The van der Waals surface area contributed by atoms with E-state index >= 15 is 0 Å². The van der Waals surface area contributed by atoms with Gasteiger partial charge in [-0.2, -0.15) is 12.6 Å². The quantitative estimate of drug-likeness (QED) is 0.422. The molecular formula is C12H23IS. The van der Waals surface area contributed by atoms with E-state index in [1.54, 1.807) is 0 Å². The van der Waals surface area contributed by atoms with Crippen molar-refractivity contribution in [2.45, 2.75) is 57.1 Å². The minimum absolute atomic E-state index is 0.633. The van der Waals surface area contributed by atoms with E-state index in [4.69, 9.17) is 12.6 Å². The molecule has 0 amide bonds. The topological polar surface area (TPSA) is 0 Å². The molecule has 1 saturated carbocycles. The molecule has 2 atom stereocenters. The average Bonchev–Trinajstić information content (AvgIpc) is 2.26. The van der Waals surface area contributed by atoms with Gasteiger partial charge in [0.2, 0.25) is 0 Å². The highest BCUT2D eigenvalue weighted by molar-refractivity contribution is 14.1. The van der Waals surface area contributed by atoms with E-state index in [1.165, 1.54) is 49.4 Å². The van der Waals surface area contributed by atoms with Crippen LogP contribution in [-0.2, 0) is 0 Å². The predicted octanol–water partition coefficient (Wildman–Crippen LogP) is 4.72. The van der Waals surface area contributed by atoms with Crippen molar-refractivity contribution < 1.29 is 0 Å². The second-order valence-electron chi connectivity index (χ2n) is 4.63. The van der Waals surface area contributed by atoms with Gasteiger partial charge in [0, 0.05) is 9.68 Å². The molecule has 1 aliphatic rings. The fourth-order valence-electron chi connectivity index (χ4n) is 2.51. The second kappa shape index (κ2) is 7.37. The highest BCUT2D eigenvalue weighted by Gasteiger charge is 2.21. The summed E-state index contributed by atoms with van der Waals surface area (Å²) in [6.45, 7) is 2.26. The molecular weight excluding hydrogens is 303 g/mol. The van der Waals surface area contributed by atoms with Gasteiger partial charge in [-0.15, -0.1) is 0 Å². The van der Waals surface area contributed by atoms with Crippen LogP contribution in [0, 0.1) is 11.8 Å². The summed E-state index contributed by atoms with van der Waals surface area (Å²) in [6, 6.07) is 0. The Bertz CT molecular complexity index is 143. The van der Waals surface area contributed by atoms with Gasteiger partial charge in [0.25, 0.3) is 0 Å². The number of hydrogen-bond acceptors (Lipinski definition) is 1. The number of alkyl halides is 1. The van der Waals surface area contributed by atoms with Crippen LogP contribution in [0.4, 0.5) is 0 Å². The molecule has 0 bridgehead atoms. The minimum atomic E-state index is 0.633. The first kappa shape index (κ1) is 13.1. The molecule has 1 aliphatic carbocycles. The Morgan fingerprint density at radius 2 is 1.93 bits per heavy atom. The van der Waals surface area contributed by atoms with E-state index in [0.717, 1.165) is 11.8 Å². The van der Waals surface area contributed by atoms with Crippen molar-refractivity contribution >= 4 is 35.2 Å². The molecule has 0 saturated heterocycles. The van der Waals surface area contributed by atoms with Crippen molar-refractivity contribution in [1.82, 2.24) is 0 Å². The molecule has 0 aromatic rings. The normalized spacial score (nSPS) is 23.4. The first-order chi connectivity index (χ1) is 6.77. The van der Waals surface area contributed by atoms with Crippen LogP contribution in [-0.4, -0.2) is 9.68 Å². The van der Waals surface area contributed by atoms with Gasteiger partial charge in [-0.3, -0.25) is 0 Å². The van der Waals surface area contributed by atoms with Crippen molar-refractivity contribution in [3.8, 4) is 0 Å². The zero-order valence-corrected chi connectivity index (χ0v) is 12.3. The molecule has 0 nitrogen and oxygen atoms in total. The summed E-state index contributed by atoms with van der Waals surface area (Å²) in [7, 11) is 0. The Morgan fingerprint density at radius 1 is 1.29 bits per heavy atom. The third-order valence-electron chi connectivity index (χ3n) is 3.52. The summed E-state index contributed by atoms with van der Waals surface area (Å²) < 4.78 is 1.29. The molecule has 0 radical (unpaired) electrons. The van der Waals surface area contributed by atoms with Crippen molar-refractivity contribution in [2.75, 3.05) is 4.43 Å². The molecule has 1 fully saturated rings. The summed E-state index contributed by atoms with van der Waals surface area (Å²) in [4.78, 5) is 0. The van der Waals surface area contributed by atoms with Gasteiger partial charge in [0.1, 0.15) is 0 Å². The van der Waals surface area contributed by atoms with Gasteiger partial charge in [-0.1, -0.05) is 61.6 Å². The molecule has 2 heteroatoms. The summed E-state index contributed by atoms with van der Waals surface area (Å²) in [5.74, 6) is 1.87. The van der Waals surface area contributed by atoms with E-state index < -0.39 is 0 Å². The third kappa shape index (κ3) is 4.30. The van der Waals surface area contributed by atoms with E-state index in [0.29, 0.717) is 5.25 Å². The lowest BCUT2D eigenvalue weighted by molar-refractivity contribution is 0.296. The van der Waals surface area contributed by atoms with E-state index in [-0.39, 0.29) is 0 Å².